The van der Waals surface area contributed by atoms with E-state index in [0.29, 0.717) is 11.1 Å². The number of thioether (sulfide) groups is 1. The molecule has 1 aromatic carbocycles. The van der Waals surface area contributed by atoms with E-state index in [9.17, 15) is 0 Å². The highest BCUT2D eigenvalue weighted by atomic mass is 32.2. The Bertz CT molecular complexity index is 1070. The molecule has 1 saturated heterocycles. The Balaban J connectivity index is 1.46. The summed E-state index contributed by atoms with van der Waals surface area (Å²) in [6.07, 6.45) is 3.77. The number of thiophene rings is 1. The van der Waals surface area contributed by atoms with Crippen molar-refractivity contribution in [2.75, 3.05) is 12.4 Å². The van der Waals surface area contributed by atoms with Crippen molar-refractivity contribution >= 4 is 34.0 Å². The lowest BCUT2D eigenvalue weighted by Crippen LogP contribution is -2.21. The maximum Gasteiger partial charge on any atom is 0.276 e. The van der Waals surface area contributed by atoms with E-state index in [1.54, 1.807) is 23.1 Å². The average molecular weight is 410 g/mol. The molecule has 142 valence electrons. The van der Waals surface area contributed by atoms with Gasteiger partial charge in [-0.1, -0.05) is 36.0 Å². The van der Waals surface area contributed by atoms with Crippen molar-refractivity contribution < 1.29 is 9.15 Å². The van der Waals surface area contributed by atoms with Crippen LogP contribution in [-0.2, 0) is 4.74 Å². The molecule has 0 aliphatic carbocycles. The van der Waals surface area contributed by atoms with Crippen LogP contribution in [0.4, 0.5) is 0 Å². The second-order valence-corrected chi connectivity index (χ2v) is 8.64. The minimum absolute atomic E-state index is 0.279. The van der Waals surface area contributed by atoms with E-state index in [4.69, 9.17) is 14.1 Å². The zero-order valence-corrected chi connectivity index (χ0v) is 16.8. The number of benzene rings is 1. The van der Waals surface area contributed by atoms with Crippen molar-refractivity contribution in [2.45, 2.75) is 30.6 Å². The van der Waals surface area contributed by atoms with Gasteiger partial charge in [-0.3, -0.25) is 0 Å². The van der Waals surface area contributed by atoms with E-state index in [0.717, 1.165) is 52.2 Å². The molecule has 0 unspecified atom stereocenters. The minimum atomic E-state index is 0.279. The molecule has 0 N–H and O–H groups in total. The van der Waals surface area contributed by atoms with Crippen molar-refractivity contribution in [3.05, 3.63) is 47.8 Å². The monoisotopic (exact) mass is 409 g/mol. The van der Waals surface area contributed by atoms with Crippen LogP contribution in [0.15, 0.2) is 57.5 Å². The van der Waals surface area contributed by atoms with Crippen molar-refractivity contribution in [1.82, 2.24) is 15.2 Å². The van der Waals surface area contributed by atoms with Gasteiger partial charge in [-0.05, 0) is 42.8 Å². The lowest BCUT2D eigenvalue weighted by atomic mass is 10.1. The highest BCUT2D eigenvalue weighted by molar-refractivity contribution is 7.99. The Hall–Kier alpha value is -2.22. The van der Waals surface area contributed by atoms with Gasteiger partial charge in [0.2, 0.25) is 5.89 Å². The van der Waals surface area contributed by atoms with Gasteiger partial charge in [0.25, 0.3) is 5.22 Å². The van der Waals surface area contributed by atoms with E-state index in [1.807, 2.05) is 36.4 Å². The first-order valence-electron chi connectivity index (χ1n) is 9.39. The van der Waals surface area contributed by atoms with Gasteiger partial charge in [0.1, 0.15) is 0 Å². The fourth-order valence-corrected chi connectivity index (χ4v) is 4.90. The molecule has 1 aliphatic rings. The van der Waals surface area contributed by atoms with E-state index >= 15 is 0 Å². The second kappa shape index (κ2) is 8.03. The van der Waals surface area contributed by atoms with Crippen LogP contribution in [0.2, 0.25) is 0 Å². The molecule has 4 aromatic rings. The first-order valence-corrected chi connectivity index (χ1v) is 11.3. The third kappa shape index (κ3) is 3.70. The molecule has 5 rings (SSSR count). The first kappa shape index (κ1) is 17.8. The molecule has 5 nitrogen and oxygen atoms in total. The number of fused-ring (bicyclic) bond motifs is 1. The lowest BCUT2D eigenvalue weighted by Gasteiger charge is -2.21. The molecule has 4 heterocycles. The molecule has 0 spiro atoms. The molecule has 0 saturated carbocycles. The van der Waals surface area contributed by atoms with Gasteiger partial charge in [-0.15, -0.1) is 21.5 Å². The van der Waals surface area contributed by atoms with Crippen LogP contribution < -0.4 is 0 Å². The van der Waals surface area contributed by atoms with E-state index in [-0.39, 0.29) is 6.10 Å². The summed E-state index contributed by atoms with van der Waals surface area (Å²) in [5.41, 5.74) is 2.76. The number of nitrogens with zero attached hydrogens (tertiary/aromatic N) is 3. The lowest BCUT2D eigenvalue weighted by molar-refractivity contribution is 0.0314. The fraction of sp³-hybridized carbons (Fsp3) is 0.286. The number of aromatic nitrogens is 3. The summed E-state index contributed by atoms with van der Waals surface area (Å²) in [4.78, 5) is 5.93. The molecular formula is C21H19N3O2S2. The average Bonchev–Trinajstić information content (AvgIpc) is 3.44. The third-order valence-electron chi connectivity index (χ3n) is 4.79. The molecular weight excluding hydrogens is 390 g/mol. The number of hydrogen-bond acceptors (Lipinski definition) is 7. The van der Waals surface area contributed by atoms with Gasteiger partial charge in [-0.2, -0.15) is 0 Å². The Morgan fingerprint density at radius 3 is 2.93 bits per heavy atom. The van der Waals surface area contributed by atoms with Crippen LogP contribution in [0.25, 0.3) is 32.9 Å². The molecule has 3 aromatic heterocycles. The number of hydrogen-bond donors (Lipinski definition) is 0. The predicted octanol–water partition coefficient (Wildman–Crippen LogP) is 5.67. The summed E-state index contributed by atoms with van der Waals surface area (Å²) in [5.74, 6) is 1.38. The molecule has 1 atom stereocenters. The Kier molecular flexibility index (Phi) is 5.12. The number of rotatable bonds is 5. The van der Waals surface area contributed by atoms with Gasteiger partial charge in [0.05, 0.1) is 27.8 Å². The van der Waals surface area contributed by atoms with Gasteiger partial charge in [0.15, 0.2) is 0 Å². The molecule has 1 aliphatic heterocycles. The minimum Gasteiger partial charge on any atom is -0.411 e. The summed E-state index contributed by atoms with van der Waals surface area (Å²) >= 11 is 3.24. The van der Waals surface area contributed by atoms with E-state index in [2.05, 4.69) is 21.6 Å². The van der Waals surface area contributed by atoms with E-state index < -0.39 is 0 Å². The Labute approximate surface area is 171 Å². The van der Waals surface area contributed by atoms with Crippen molar-refractivity contribution in [3.63, 3.8) is 0 Å². The van der Waals surface area contributed by atoms with Crippen LogP contribution in [0.5, 0.6) is 0 Å². The van der Waals surface area contributed by atoms with Crippen molar-refractivity contribution in [3.8, 4) is 22.0 Å². The van der Waals surface area contributed by atoms with Gasteiger partial charge < -0.3 is 9.15 Å². The summed E-state index contributed by atoms with van der Waals surface area (Å²) in [6, 6.07) is 14.2. The fourth-order valence-electron chi connectivity index (χ4n) is 3.38. The van der Waals surface area contributed by atoms with Gasteiger partial charge in [0, 0.05) is 17.7 Å². The molecule has 0 radical (unpaired) electrons. The Morgan fingerprint density at radius 1 is 1.11 bits per heavy atom. The number of pyridine rings is 1. The summed E-state index contributed by atoms with van der Waals surface area (Å²) in [7, 11) is 0. The first-order chi connectivity index (χ1) is 13.9. The normalized spacial score (nSPS) is 17.2. The predicted molar refractivity (Wildman–Crippen MR) is 113 cm³/mol. The highest BCUT2D eigenvalue weighted by Crippen LogP contribution is 2.34. The summed E-state index contributed by atoms with van der Waals surface area (Å²) in [6.45, 7) is 0.856. The smallest absolute Gasteiger partial charge is 0.276 e. The SMILES string of the molecule is c1csc(-c2cc(-c3nnc(SC[C@H]4CCCCO4)o3)c3ccccc3n2)c1. The zero-order chi connectivity index (χ0) is 18.8. The second-order valence-electron chi connectivity index (χ2n) is 6.72. The maximum absolute atomic E-state index is 6.00. The quantitative estimate of drug-likeness (QED) is 0.396. The maximum atomic E-state index is 6.00. The topological polar surface area (TPSA) is 61.0 Å². The van der Waals surface area contributed by atoms with Gasteiger partial charge in [-0.25, -0.2) is 4.98 Å². The standard InChI is InChI=1S/C21H19N3O2S2/c1-2-8-17-15(7-1)16(12-18(22-17)19-9-5-11-27-19)20-23-24-21(26-20)28-13-14-6-3-4-10-25-14/h1-2,5,7-9,11-12,14H,3-4,6,10,13H2/t14-/m1/s1. The van der Waals surface area contributed by atoms with Crippen LogP contribution in [0.1, 0.15) is 19.3 Å². The molecule has 28 heavy (non-hydrogen) atoms. The molecule has 0 bridgehead atoms. The third-order valence-corrected chi connectivity index (χ3v) is 6.64. The molecule has 0 amide bonds. The number of para-hydroxylation sites is 1. The van der Waals surface area contributed by atoms with Crippen LogP contribution in [0, 0.1) is 0 Å². The largest absolute Gasteiger partial charge is 0.411 e. The zero-order valence-electron chi connectivity index (χ0n) is 15.2. The van der Waals surface area contributed by atoms with Crippen LogP contribution in [-0.4, -0.2) is 33.6 Å². The summed E-state index contributed by atoms with van der Waals surface area (Å²) in [5, 5.41) is 12.2. The van der Waals surface area contributed by atoms with Crippen molar-refractivity contribution in [2.24, 2.45) is 0 Å². The van der Waals surface area contributed by atoms with E-state index in [1.165, 1.54) is 6.42 Å². The number of ether oxygens (including phenoxy) is 1. The Morgan fingerprint density at radius 2 is 2.07 bits per heavy atom. The van der Waals surface area contributed by atoms with Crippen LogP contribution >= 0.6 is 23.1 Å². The highest BCUT2D eigenvalue weighted by Gasteiger charge is 2.18. The summed E-state index contributed by atoms with van der Waals surface area (Å²) < 4.78 is 11.8. The molecule has 1 fully saturated rings. The molecule has 7 heteroatoms. The van der Waals surface area contributed by atoms with Crippen molar-refractivity contribution in [1.29, 1.82) is 0 Å². The van der Waals surface area contributed by atoms with Crippen LogP contribution in [0.3, 0.4) is 0 Å². The van der Waals surface area contributed by atoms with Gasteiger partial charge >= 0.3 is 0 Å².